The monoisotopic (exact) mass is 266 g/mol. The van der Waals surface area contributed by atoms with Gasteiger partial charge in [0.25, 0.3) is 0 Å². The third kappa shape index (κ3) is 2.95. The average Bonchev–Trinajstić information content (AvgIpc) is 2.80. The number of benzene rings is 1. The van der Waals surface area contributed by atoms with E-state index in [0.29, 0.717) is 17.0 Å². The standard InChI is InChI=1S/C10H10N4OS2/c11-8-3-6(9(12)15)1-2-7(8)4-16-10-13-5-14-17-10/h1-3,5H,4,11H2,(H2,12,15). The number of nitrogens with two attached hydrogens (primary N) is 2. The molecule has 0 radical (unpaired) electrons. The summed E-state index contributed by atoms with van der Waals surface area (Å²) in [6.45, 7) is 0. The number of primary amides is 1. The van der Waals surface area contributed by atoms with E-state index >= 15 is 0 Å². The number of hydrogen-bond acceptors (Lipinski definition) is 6. The number of amides is 1. The SMILES string of the molecule is NC(=O)c1ccc(CSc2ncns2)c(N)c1. The van der Waals surface area contributed by atoms with Crippen molar-refractivity contribution in [2.75, 3.05) is 5.73 Å². The van der Waals surface area contributed by atoms with Crippen molar-refractivity contribution in [2.45, 2.75) is 10.1 Å². The van der Waals surface area contributed by atoms with Gasteiger partial charge in [-0.25, -0.2) is 4.98 Å². The fraction of sp³-hybridized carbons (Fsp3) is 0.100. The summed E-state index contributed by atoms with van der Waals surface area (Å²) in [6, 6.07) is 5.08. The zero-order chi connectivity index (χ0) is 12.3. The number of anilines is 1. The van der Waals surface area contributed by atoms with Gasteiger partial charge in [0, 0.05) is 17.0 Å². The lowest BCUT2D eigenvalue weighted by molar-refractivity contribution is 0.100. The van der Waals surface area contributed by atoms with Crippen LogP contribution in [0.25, 0.3) is 0 Å². The van der Waals surface area contributed by atoms with Crippen LogP contribution in [0.15, 0.2) is 28.9 Å². The Morgan fingerprint density at radius 2 is 2.29 bits per heavy atom. The molecule has 0 bridgehead atoms. The van der Waals surface area contributed by atoms with E-state index in [9.17, 15) is 4.79 Å². The Labute approximate surface area is 106 Å². The van der Waals surface area contributed by atoms with Crippen LogP contribution in [0.2, 0.25) is 0 Å². The highest BCUT2D eigenvalue weighted by Crippen LogP contribution is 2.26. The Kier molecular flexibility index (Phi) is 3.60. The van der Waals surface area contributed by atoms with E-state index in [2.05, 4.69) is 9.36 Å². The van der Waals surface area contributed by atoms with E-state index in [0.717, 1.165) is 9.90 Å². The normalized spacial score (nSPS) is 10.4. The summed E-state index contributed by atoms with van der Waals surface area (Å²) in [4.78, 5) is 15.0. The molecule has 0 saturated heterocycles. The zero-order valence-corrected chi connectivity index (χ0v) is 10.4. The first-order chi connectivity index (χ1) is 8.16. The summed E-state index contributed by atoms with van der Waals surface area (Å²) in [6.07, 6.45) is 1.52. The van der Waals surface area contributed by atoms with Gasteiger partial charge in [-0.2, -0.15) is 4.37 Å². The maximum absolute atomic E-state index is 11.0. The predicted molar refractivity (Wildman–Crippen MR) is 68.8 cm³/mol. The van der Waals surface area contributed by atoms with Crippen molar-refractivity contribution < 1.29 is 4.79 Å². The number of nitrogens with zero attached hydrogens (tertiary/aromatic N) is 2. The van der Waals surface area contributed by atoms with Gasteiger partial charge < -0.3 is 11.5 Å². The first-order valence-electron chi connectivity index (χ1n) is 4.74. The first-order valence-corrected chi connectivity index (χ1v) is 6.50. The van der Waals surface area contributed by atoms with E-state index in [4.69, 9.17) is 11.5 Å². The van der Waals surface area contributed by atoms with Crippen LogP contribution in [0.5, 0.6) is 0 Å². The van der Waals surface area contributed by atoms with E-state index in [1.165, 1.54) is 17.9 Å². The highest BCUT2D eigenvalue weighted by atomic mass is 32.2. The van der Waals surface area contributed by atoms with Gasteiger partial charge in [0.05, 0.1) is 0 Å². The van der Waals surface area contributed by atoms with Crippen LogP contribution in [-0.4, -0.2) is 15.3 Å². The second kappa shape index (κ2) is 5.15. The quantitative estimate of drug-likeness (QED) is 0.646. The van der Waals surface area contributed by atoms with Crippen molar-refractivity contribution in [3.63, 3.8) is 0 Å². The van der Waals surface area contributed by atoms with Crippen molar-refractivity contribution >= 4 is 34.9 Å². The molecule has 0 saturated carbocycles. The van der Waals surface area contributed by atoms with Crippen LogP contribution in [-0.2, 0) is 5.75 Å². The second-order valence-corrected chi connectivity index (χ2v) is 5.28. The molecule has 88 valence electrons. The minimum absolute atomic E-state index is 0.423. The molecule has 2 rings (SSSR count). The third-order valence-corrected chi connectivity index (χ3v) is 3.97. The summed E-state index contributed by atoms with van der Waals surface area (Å²) in [5.41, 5.74) is 13.0. The highest BCUT2D eigenvalue weighted by Gasteiger charge is 2.06. The molecule has 17 heavy (non-hydrogen) atoms. The van der Waals surface area contributed by atoms with Crippen LogP contribution in [0, 0.1) is 0 Å². The molecule has 0 unspecified atom stereocenters. The van der Waals surface area contributed by atoms with Crippen molar-refractivity contribution in [1.82, 2.24) is 9.36 Å². The molecule has 1 heterocycles. The zero-order valence-electron chi connectivity index (χ0n) is 8.79. The Morgan fingerprint density at radius 3 is 2.88 bits per heavy atom. The molecular weight excluding hydrogens is 256 g/mol. The van der Waals surface area contributed by atoms with Crippen LogP contribution < -0.4 is 11.5 Å². The third-order valence-electron chi connectivity index (χ3n) is 2.12. The molecule has 5 nitrogen and oxygen atoms in total. The molecule has 1 amide bonds. The molecule has 0 aliphatic heterocycles. The lowest BCUT2D eigenvalue weighted by atomic mass is 10.1. The minimum Gasteiger partial charge on any atom is -0.398 e. The van der Waals surface area contributed by atoms with Crippen molar-refractivity contribution in [2.24, 2.45) is 5.73 Å². The summed E-state index contributed by atoms with van der Waals surface area (Å²) >= 11 is 2.90. The molecule has 0 spiro atoms. The average molecular weight is 266 g/mol. The maximum Gasteiger partial charge on any atom is 0.248 e. The van der Waals surface area contributed by atoms with E-state index in [1.54, 1.807) is 23.9 Å². The Bertz CT molecular complexity index is 527. The van der Waals surface area contributed by atoms with Crippen molar-refractivity contribution in [3.8, 4) is 0 Å². The molecule has 0 aliphatic rings. The smallest absolute Gasteiger partial charge is 0.248 e. The number of thioether (sulfide) groups is 1. The van der Waals surface area contributed by atoms with Crippen molar-refractivity contribution in [1.29, 1.82) is 0 Å². The number of rotatable bonds is 4. The lowest BCUT2D eigenvalue weighted by Crippen LogP contribution is -2.11. The summed E-state index contributed by atoms with van der Waals surface area (Å²) < 4.78 is 4.80. The number of hydrogen-bond donors (Lipinski definition) is 2. The molecule has 1 aromatic carbocycles. The topological polar surface area (TPSA) is 94.9 Å². The van der Waals surface area contributed by atoms with Gasteiger partial charge in [-0.1, -0.05) is 17.8 Å². The largest absolute Gasteiger partial charge is 0.398 e. The molecule has 0 aliphatic carbocycles. The highest BCUT2D eigenvalue weighted by molar-refractivity contribution is 8.00. The molecule has 7 heteroatoms. The number of carbonyl (C=O) groups is 1. The Hall–Kier alpha value is -1.60. The minimum atomic E-state index is -0.472. The van der Waals surface area contributed by atoms with Gasteiger partial charge in [0.15, 0.2) is 4.34 Å². The fourth-order valence-electron chi connectivity index (χ4n) is 1.25. The van der Waals surface area contributed by atoms with E-state index in [-0.39, 0.29) is 0 Å². The van der Waals surface area contributed by atoms with E-state index < -0.39 is 5.91 Å². The van der Waals surface area contributed by atoms with Crippen LogP contribution in [0.4, 0.5) is 5.69 Å². The number of aromatic nitrogens is 2. The predicted octanol–water partition coefficient (Wildman–Crippen LogP) is 1.51. The van der Waals surface area contributed by atoms with Gasteiger partial charge >= 0.3 is 0 Å². The van der Waals surface area contributed by atoms with Gasteiger partial charge in [-0.05, 0) is 29.2 Å². The van der Waals surface area contributed by atoms with Gasteiger partial charge in [0.1, 0.15) is 6.33 Å². The van der Waals surface area contributed by atoms with Crippen molar-refractivity contribution in [3.05, 3.63) is 35.7 Å². The van der Waals surface area contributed by atoms with Crippen LogP contribution in [0.3, 0.4) is 0 Å². The molecular formula is C10H10N4OS2. The fourth-order valence-corrected chi connectivity index (χ4v) is 2.70. The summed E-state index contributed by atoms with van der Waals surface area (Å²) in [5, 5.41) is 0. The second-order valence-electron chi connectivity index (χ2n) is 3.27. The number of carbonyl (C=O) groups excluding carboxylic acids is 1. The van der Waals surface area contributed by atoms with Gasteiger partial charge in [-0.15, -0.1) is 0 Å². The van der Waals surface area contributed by atoms with Crippen LogP contribution in [0.1, 0.15) is 15.9 Å². The molecule has 2 aromatic rings. The van der Waals surface area contributed by atoms with Gasteiger partial charge in [0.2, 0.25) is 5.91 Å². The molecule has 0 atom stereocenters. The molecule has 1 aromatic heterocycles. The maximum atomic E-state index is 11.0. The molecule has 0 fully saturated rings. The first kappa shape index (κ1) is 11.9. The summed E-state index contributed by atoms with van der Waals surface area (Å²) in [7, 11) is 0. The lowest BCUT2D eigenvalue weighted by Gasteiger charge is -2.05. The summed E-state index contributed by atoms with van der Waals surface area (Å²) in [5.74, 6) is 0.222. The molecule has 4 N–H and O–H groups in total. The van der Waals surface area contributed by atoms with Crippen LogP contribution >= 0.6 is 23.3 Å². The Morgan fingerprint density at radius 1 is 1.47 bits per heavy atom. The Balaban J connectivity index is 2.09. The van der Waals surface area contributed by atoms with Gasteiger partial charge in [-0.3, -0.25) is 4.79 Å². The van der Waals surface area contributed by atoms with E-state index in [1.807, 2.05) is 6.07 Å². The number of nitrogen functional groups attached to an aromatic ring is 1.